The molecule has 0 N–H and O–H groups in total. The summed E-state index contributed by atoms with van der Waals surface area (Å²) in [5.74, 6) is -0.167. The lowest BCUT2D eigenvalue weighted by atomic mass is 10.1. The minimum Gasteiger partial charge on any atom is -0.466 e. The van der Waals surface area contributed by atoms with Gasteiger partial charge in [-0.25, -0.2) is 0 Å². The van der Waals surface area contributed by atoms with Gasteiger partial charge < -0.3 is 9.47 Å². The zero-order valence-electron chi connectivity index (χ0n) is 7.22. The zero-order chi connectivity index (χ0) is 8.48. The van der Waals surface area contributed by atoms with Gasteiger partial charge in [0.25, 0.3) is 0 Å². The Morgan fingerprint density at radius 2 is 2.27 bits per heavy atom. The Balaban J connectivity index is 2.26. The average Bonchev–Trinajstić information content (AvgIpc) is 2.39. The third-order valence-electron chi connectivity index (χ3n) is 2.05. The summed E-state index contributed by atoms with van der Waals surface area (Å²) in [5, 5.41) is 0. The fourth-order valence-corrected chi connectivity index (χ4v) is 1.05. The lowest BCUT2D eigenvalue weighted by molar-refractivity contribution is -0.144. The molecule has 1 fully saturated rings. The van der Waals surface area contributed by atoms with Crippen molar-refractivity contribution in [3.05, 3.63) is 0 Å². The Morgan fingerprint density at radius 1 is 1.73 bits per heavy atom. The van der Waals surface area contributed by atoms with Crippen LogP contribution in [0.15, 0.2) is 0 Å². The second kappa shape index (κ2) is 2.81. The van der Waals surface area contributed by atoms with Gasteiger partial charge in [0.2, 0.25) is 0 Å². The van der Waals surface area contributed by atoms with E-state index in [0.29, 0.717) is 13.0 Å². The van der Waals surface area contributed by atoms with E-state index in [0.717, 1.165) is 0 Å². The minimum atomic E-state index is -0.244. The maximum Gasteiger partial charge on any atom is 0.308 e. The van der Waals surface area contributed by atoms with E-state index in [2.05, 4.69) is 0 Å². The Hall–Kier alpha value is -0.570. The first-order chi connectivity index (χ1) is 5.08. The van der Waals surface area contributed by atoms with Crippen LogP contribution in [0.25, 0.3) is 0 Å². The highest BCUT2D eigenvalue weighted by Crippen LogP contribution is 2.38. The number of hydrogen-bond donors (Lipinski definition) is 0. The molecule has 1 aliphatic heterocycles. The van der Waals surface area contributed by atoms with E-state index in [-0.39, 0.29) is 17.7 Å². The summed E-state index contributed by atoms with van der Waals surface area (Å²) in [6.45, 7) is 6.13. The van der Waals surface area contributed by atoms with Crippen LogP contribution in [0, 0.1) is 0 Å². The summed E-state index contributed by atoms with van der Waals surface area (Å²) in [7, 11) is 0. The maximum atomic E-state index is 10.9. The molecule has 3 heteroatoms. The van der Waals surface area contributed by atoms with Gasteiger partial charge in [-0.05, 0) is 20.8 Å². The van der Waals surface area contributed by atoms with Gasteiger partial charge in [0.15, 0.2) is 0 Å². The number of hydrogen-bond acceptors (Lipinski definition) is 3. The zero-order valence-corrected chi connectivity index (χ0v) is 7.22. The summed E-state index contributed by atoms with van der Waals surface area (Å²) >= 11 is 0. The molecule has 0 amide bonds. The van der Waals surface area contributed by atoms with Crippen molar-refractivity contribution in [2.45, 2.75) is 38.9 Å². The molecule has 0 radical (unpaired) electrons. The lowest BCUT2D eigenvalue weighted by Gasteiger charge is -2.04. The first-order valence-electron chi connectivity index (χ1n) is 3.92. The molecule has 1 aliphatic rings. The lowest BCUT2D eigenvalue weighted by Crippen LogP contribution is -2.17. The SMILES string of the molecule is CCOC(=O)CC1(C)OC1C. The predicted molar refractivity (Wildman–Crippen MR) is 40.2 cm³/mol. The number of ether oxygens (including phenoxy) is 2. The molecule has 11 heavy (non-hydrogen) atoms. The molecule has 0 aromatic heterocycles. The van der Waals surface area contributed by atoms with Crippen molar-refractivity contribution in [3.63, 3.8) is 0 Å². The molecule has 0 bridgehead atoms. The molecule has 0 aliphatic carbocycles. The van der Waals surface area contributed by atoms with Crippen LogP contribution in [-0.2, 0) is 14.3 Å². The van der Waals surface area contributed by atoms with Crippen LogP contribution in [-0.4, -0.2) is 24.3 Å². The van der Waals surface area contributed by atoms with Crippen molar-refractivity contribution in [2.24, 2.45) is 0 Å². The van der Waals surface area contributed by atoms with Crippen molar-refractivity contribution in [1.29, 1.82) is 0 Å². The van der Waals surface area contributed by atoms with E-state index in [4.69, 9.17) is 9.47 Å². The van der Waals surface area contributed by atoms with Crippen LogP contribution >= 0.6 is 0 Å². The molecule has 1 saturated heterocycles. The first-order valence-corrected chi connectivity index (χ1v) is 3.92. The number of carbonyl (C=O) groups is 1. The maximum absolute atomic E-state index is 10.9. The average molecular weight is 158 g/mol. The Kier molecular flexibility index (Phi) is 2.18. The molecule has 0 saturated carbocycles. The molecule has 2 unspecified atom stereocenters. The van der Waals surface area contributed by atoms with E-state index in [9.17, 15) is 4.79 Å². The fourth-order valence-electron chi connectivity index (χ4n) is 1.05. The molecule has 64 valence electrons. The van der Waals surface area contributed by atoms with Crippen molar-refractivity contribution < 1.29 is 14.3 Å². The predicted octanol–water partition coefficient (Wildman–Crippen LogP) is 1.12. The minimum absolute atomic E-state index is 0.167. The monoisotopic (exact) mass is 158 g/mol. The van der Waals surface area contributed by atoms with Gasteiger partial charge in [0.1, 0.15) is 5.60 Å². The molecule has 3 nitrogen and oxygen atoms in total. The van der Waals surface area contributed by atoms with E-state index < -0.39 is 0 Å². The number of rotatable bonds is 3. The Morgan fingerprint density at radius 3 is 2.64 bits per heavy atom. The van der Waals surface area contributed by atoms with Crippen LogP contribution < -0.4 is 0 Å². The van der Waals surface area contributed by atoms with Crippen LogP contribution in [0.2, 0.25) is 0 Å². The van der Waals surface area contributed by atoms with Gasteiger partial charge >= 0.3 is 5.97 Å². The quantitative estimate of drug-likeness (QED) is 0.456. The van der Waals surface area contributed by atoms with Gasteiger partial charge in [-0.2, -0.15) is 0 Å². The molecule has 0 aromatic carbocycles. The third kappa shape index (κ3) is 1.93. The summed E-state index contributed by atoms with van der Waals surface area (Å²) < 4.78 is 10.0. The molecule has 1 heterocycles. The largest absolute Gasteiger partial charge is 0.466 e. The van der Waals surface area contributed by atoms with Crippen molar-refractivity contribution in [1.82, 2.24) is 0 Å². The van der Waals surface area contributed by atoms with E-state index in [1.54, 1.807) is 6.92 Å². The van der Waals surface area contributed by atoms with Gasteiger partial charge in [-0.15, -0.1) is 0 Å². The number of epoxide rings is 1. The summed E-state index contributed by atoms with van der Waals surface area (Å²) in [6.07, 6.45) is 0.578. The second-order valence-electron chi connectivity index (χ2n) is 3.05. The summed E-state index contributed by atoms with van der Waals surface area (Å²) in [4.78, 5) is 10.9. The highest BCUT2D eigenvalue weighted by Gasteiger charge is 2.50. The highest BCUT2D eigenvalue weighted by atomic mass is 16.6. The van der Waals surface area contributed by atoms with E-state index in [1.165, 1.54) is 0 Å². The first kappa shape index (κ1) is 8.53. The smallest absolute Gasteiger partial charge is 0.308 e. The van der Waals surface area contributed by atoms with E-state index >= 15 is 0 Å². The molecular weight excluding hydrogens is 144 g/mol. The summed E-state index contributed by atoms with van der Waals surface area (Å²) in [5.41, 5.74) is -0.244. The molecule has 0 aromatic rings. The third-order valence-corrected chi connectivity index (χ3v) is 2.05. The number of esters is 1. The van der Waals surface area contributed by atoms with E-state index in [1.807, 2.05) is 13.8 Å². The van der Waals surface area contributed by atoms with Crippen molar-refractivity contribution in [2.75, 3.05) is 6.61 Å². The normalized spacial score (nSPS) is 35.0. The van der Waals surface area contributed by atoms with Gasteiger partial charge in [-0.3, -0.25) is 4.79 Å². The molecule has 1 rings (SSSR count). The van der Waals surface area contributed by atoms with Gasteiger partial charge in [0.05, 0.1) is 19.1 Å². The topological polar surface area (TPSA) is 38.8 Å². The van der Waals surface area contributed by atoms with Crippen LogP contribution in [0.3, 0.4) is 0 Å². The molecule has 0 spiro atoms. The van der Waals surface area contributed by atoms with Crippen molar-refractivity contribution >= 4 is 5.97 Å². The standard InChI is InChI=1S/C8H14O3/c1-4-10-7(9)5-8(3)6(2)11-8/h6H,4-5H2,1-3H3. The van der Waals surface area contributed by atoms with Crippen molar-refractivity contribution in [3.8, 4) is 0 Å². The van der Waals surface area contributed by atoms with Crippen LogP contribution in [0.4, 0.5) is 0 Å². The molecular formula is C8H14O3. The fraction of sp³-hybridized carbons (Fsp3) is 0.875. The number of carbonyl (C=O) groups excluding carboxylic acids is 1. The molecule has 2 atom stereocenters. The highest BCUT2D eigenvalue weighted by molar-refractivity contribution is 5.71. The van der Waals surface area contributed by atoms with Gasteiger partial charge in [-0.1, -0.05) is 0 Å². The van der Waals surface area contributed by atoms with Crippen LogP contribution in [0.1, 0.15) is 27.2 Å². The van der Waals surface area contributed by atoms with Crippen LogP contribution in [0.5, 0.6) is 0 Å². The van der Waals surface area contributed by atoms with Gasteiger partial charge in [0, 0.05) is 0 Å². The summed E-state index contributed by atoms with van der Waals surface area (Å²) in [6, 6.07) is 0. The second-order valence-corrected chi connectivity index (χ2v) is 3.05. The Labute approximate surface area is 66.7 Å². The Bertz CT molecular complexity index is 167.